The summed E-state index contributed by atoms with van der Waals surface area (Å²) in [6.45, 7) is 2.63. The van der Waals surface area contributed by atoms with Gasteiger partial charge in [-0.1, -0.05) is 13.3 Å². The van der Waals surface area contributed by atoms with Crippen molar-refractivity contribution in [3.05, 3.63) is 48.5 Å². The van der Waals surface area contributed by atoms with Gasteiger partial charge in [0.1, 0.15) is 21.7 Å². The molecule has 2 rings (SSSR count). The van der Waals surface area contributed by atoms with Crippen LogP contribution in [0, 0.1) is 0 Å². The van der Waals surface area contributed by atoms with Crippen LogP contribution in [0.15, 0.2) is 58.3 Å². The van der Waals surface area contributed by atoms with E-state index in [2.05, 4.69) is 12.2 Å². The van der Waals surface area contributed by atoms with Crippen LogP contribution in [-0.4, -0.2) is 44.8 Å². The van der Waals surface area contributed by atoms with E-state index in [1.54, 1.807) is 12.1 Å². The molecular weight excluding hydrogens is 433 g/mol. The van der Waals surface area contributed by atoms with Gasteiger partial charge < -0.3 is 25.6 Å². The van der Waals surface area contributed by atoms with Gasteiger partial charge in [-0.3, -0.25) is 0 Å². The van der Waals surface area contributed by atoms with Crippen LogP contribution in [-0.2, 0) is 20.0 Å². The molecule has 0 aromatic heterocycles. The molecule has 0 heterocycles. The minimum absolute atomic E-state index is 0. The molecule has 5 N–H and O–H groups in total. The number of nitrogens with one attached hydrogen (secondary N) is 1. The molecule has 0 aliphatic heterocycles. The minimum Gasteiger partial charge on any atom is -0.747 e. The summed E-state index contributed by atoms with van der Waals surface area (Å²) in [5, 5.41) is 2.42. The van der Waals surface area contributed by atoms with Gasteiger partial charge in [-0.2, -0.15) is 0 Å². The van der Waals surface area contributed by atoms with Gasteiger partial charge in [0.25, 0.3) is 0 Å². The average Bonchev–Trinajstić information content (AvgIpc) is 2.60. The Hall–Kier alpha value is -1.18. The quantitative estimate of drug-likeness (QED) is 0.256. The standard InChI is InChI=1S/C17H21NO6S2.Na.2H2O/c1-2-3-12-24-15-6-10-17(11-7-15)26(22,23)16-8-4-14(5-9-16)18-13-25(19,20)21;;;/h4-11,18H,2-3,12-13H2,1H3,(H,19,20,21);;2*1H2/q;+1;;/p-1. The zero-order chi connectivity index (χ0) is 19.2. The summed E-state index contributed by atoms with van der Waals surface area (Å²) in [7, 11) is -8.11. The summed E-state index contributed by atoms with van der Waals surface area (Å²) in [6.07, 6.45) is 1.94. The van der Waals surface area contributed by atoms with Crippen molar-refractivity contribution in [2.75, 3.05) is 17.8 Å². The van der Waals surface area contributed by atoms with E-state index in [0.29, 0.717) is 18.0 Å². The van der Waals surface area contributed by atoms with Crippen LogP contribution in [0.25, 0.3) is 0 Å². The monoisotopic (exact) mass is 457 g/mol. The summed E-state index contributed by atoms with van der Waals surface area (Å²) in [4.78, 5) is 0.191. The molecular formula is C17H24NNaO8S2. The van der Waals surface area contributed by atoms with Crippen LogP contribution in [0.4, 0.5) is 5.69 Å². The summed E-state index contributed by atoms with van der Waals surface area (Å²) in [5.74, 6) is -0.158. The number of benzene rings is 2. The van der Waals surface area contributed by atoms with Crippen molar-refractivity contribution in [2.24, 2.45) is 0 Å². The number of sulfone groups is 1. The number of unbranched alkanes of at least 4 members (excludes halogenated alkanes) is 1. The van der Waals surface area contributed by atoms with E-state index in [9.17, 15) is 21.4 Å². The Morgan fingerprint density at radius 3 is 1.83 bits per heavy atom. The van der Waals surface area contributed by atoms with E-state index < -0.39 is 25.8 Å². The Bertz CT molecular complexity index is 930. The molecule has 0 fully saturated rings. The van der Waals surface area contributed by atoms with Crippen molar-refractivity contribution in [2.45, 2.75) is 29.6 Å². The van der Waals surface area contributed by atoms with Crippen molar-refractivity contribution in [3.63, 3.8) is 0 Å². The third-order valence-corrected chi connectivity index (χ3v) is 5.80. The Balaban J connectivity index is 0. The predicted octanol–water partition coefficient (Wildman–Crippen LogP) is -2.03. The normalized spacial score (nSPS) is 10.7. The topological polar surface area (TPSA) is 176 Å². The molecule has 0 aliphatic carbocycles. The van der Waals surface area contributed by atoms with Crippen LogP contribution in [0.1, 0.15) is 19.8 Å². The first kappa shape index (κ1) is 30.0. The Labute approximate surface area is 193 Å². The fourth-order valence-corrected chi connectivity index (χ4v) is 3.71. The summed E-state index contributed by atoms with van der Waals surface area (Å²) < 4.78 is 62.6. The minimum atomic E-state index is -4.41. The second-order valence-electron chi connectivity index (χ2n) is 5.58. The molecule has 12 heteroatoms. The molecule has 0 amide bonds. The molecule has 0 spiro atoms. The van der Waals surface area contributed by atoms with Crippen molar-refractivity contribution >= 4 is 25.6 Å². The average molecular weight is 458 g/mol. The van der Waals surface area contributed by atoms with Gasteiger partial charge in [-0.25, -0.2) is 16.8 Å². The second kappa shape index (κ2) is 13.2. The van der Waals surface area contributed by atoms with Crippen molar-refractivity contribution < 1.29 is 66.6 Å². The van der Waals surface area contributed by atoms with Gasteiger partial charge >= 0.3 is 29.6 Å². The van der Waals surface area contributed by atoms with E-state index in [4.69, 9.17) is 4.74 Å². The van der Waals surface area contributed by atoms with Crippen LogP contribution in [0.5, 0.6) is 5.75 Å². The van der Waals surface area contributed by atoms with Crippen LogP contribution in [0.3, 0.4) is 0 Å². The second-order valence-corrected chi connectivity index (χ2v) is 8.93. The number of hydrogen-bond acceptors (Lipinski definition) is 7. The van der Waals surface area contributed by atoms with Gasteiger partial charge in [0.15, 0.2) is 0 Å². The molecule has 0 radical (unpaired) electrons. The van der Waals surface area contributed by atoms with Crippen LogP contribution < -0.4 is 39.6 Å². The zero-order valence-electron chi connectivity index (χ0n) is 16.2. The SMILES string of the molecule is CCCCOc1ccc(S(=O)(=O)c2ccc(NCS(=O)(=O)[O-])cc2)cc1.O.O.[Na+]. The number of ether oxygens (including phenoxy) is 1. The molecule has 0 saturated heterocycles. The Morgan fingerprint density at radius 2 is 1.38 bits per heavy atom. The molecule has 0 aliphatic rings. The van der Waals surface area contributed by atoms with Crippen molar-refractivity contribution in [3.8, 4) is 5.75 Å². The zero-order valence-corrected chi connectivity index (χ0v) is 19.8. The molecule has 158 valence electrons. The molecule has 0 atom stereocenters. The summed E-state index contributed by atoms with van der Waals surface area (Å²) >= 11 is 0. The van der Waals surface area contributed by atoms with Crippen LogP contribution >= 0.6 is 0 Å². The summed E-state index contributed by atoms with van der Waals surface area (Å²) in [5.41, 5.74) is 0.336. The molecule has 2 aromatic rings. The maximum atomic E-state index is 12.6. The van der Waals surface area contributed by atoms with Gasteiger partial charge in [-0.05, 0) is 55.0 Å². The molecule has 0 saturated carbocycles. The first-order chi connectivity index (χ1) is 12.2. The van der Waals surface area contributed by atoms with E-state index >= 15 is 0 Å². The van der Waals surface area contributed by atoms with E-state index in [1.807, 2.05) is 0 Å². The van der Waals surface area contributed by atoms with Gasteiger partial charge in [-0.15, -0.1) is 0 Å². The fourth-order valence-electron chi connectivity index (χ4n) is 2.11. The van der Waals surface area contributed by atoms with Crippen LogP contribution in [0.2, 0.25) is 0 Å². The molecule has 29 heavy (non-hydrogen) atoms. The summed E-state index contributed by atoms with van der Waals surface area (Å²) in [6, 6.07) is 11.7. The van der Waals surface area contributed by atoms with Crippen molar-refractivity contribution in [1.82, 2.24) is 0 Å². The van der Waals surface area contributed by atoms with E-state index in [1.165, 1.54) is 36.4 Å². The largest absolute Gasteiger partial charge is 1.00 e. The van der Waals surface area contributed by atoms with E-state index in [0.717, 1.165) is 12.8 Å². The molecule has 0 unspecified atom stereocenters. The first-order valence-corrected chi connectivity index (χ1v) is 11.0. The fraction of sp³-hybridized carbons (Fsp3) is 0.294. The first-order valence-electron chi connectivity index (χ1n) is 7.98. The van der Waals surface area contributed by atoms with E-state index in [-0.39, 0.29) is 50.3 Å². The van der Waals surface area contributed by atoms with Crippen molar-refractivity contribution in [1.29, 1.82) is 0 Å². The van der Waals surface area contributed by atoms with Gasteiger partial charge in [0, 0.05) is 5.69 Å². The number of hydrogen-bond donors (Lipinski definition) is 1. The molecule has 0 bridgehead atoms. The maximum Gasteiger partial charge on any atom is 1.00 e. The molecule has 9 nitrogen and oxygen atoms in total. The number of anilines is 1. The molecule has 2 aromatic carbocycles. The smallest absolute Gasteiger partial charge is 0.747 e. The predicted molar refractivity (Wildman–Crippen MR) is 104 cm³/mol. The number of rotatable bonds is 9. The Kier molecular flexibility index (Phi) is 13.7. The maximum absolute atomic E-state index is 12.6. The van der Waals surface area contributed by atoms with Gasteiger partial charge in [0.2, 0.25) is 9.84 Å². The van der Waals surface area contributed by atoms with Gasteiger partial charge in [0.05, 0.1) is 16.4 Å². The third kappa shape index (κ3) is 9.45. The third-order valence-electron chi connectivity index (χ3n) is 3.52. The Morgan fingerprint density at radius 1 is 0.897 bits per heavy atom.